The molecule has 0 bridgehead atoms. The number of anilines is 1. The van der Waals surface area contributed by atoms with Gasteiger partial charge in [0.15, 0.2) is 0 Å². The molecule has 5 nitrogen and oxygen atoms in total. The van der Waals surface area contributed by atoms with Crippen LogP contribution in [-0.4, -0.2) is 43.1 Å². The lowest BCUT2D eigenvalue weighted by atomic mass is 9.89. The lowest BCUT2D eigenvalue weighted by Crippen LogP contribution is -2.54. The number of hydrogen-bond donors (Lipinski definition) is 1. The summed E-state index contributed by atoms with van der Waals surface area (Å²) in [6.45, 7) is -0.0359. The van der Waals surface area contributed by atoms with E-state index < -0.39 is 35.5 Å². The maximum absolute atomic E-state index is 13.6. The molecule has 1 aliphatic rings. The summed E-state index contributed by atoms with van der Waals surface area (Å²) in [5.41, 5.74) is -5.76. The van der Waals surface area contributed by atoms with Gasteiger partial charge in [-0.15, -0.1) is 0 Å². The Morgan fingerprint density at radius 3 is 2.30 bits per heavy atom. The smallest absolute Gasteiger partial charge is 0.430 e. The third-order valence-electron chi connectivity index (χ3n) is 6.62. The number of fused-ring (bicyclic) bond motifs is 1. The van der Waals surface area contributed by atoms with E-state index in [9.17, 15) is 36.2 Å². The number of benzene rings is 3. The number of carbonyl (C=O) groups excluding carboxylic acids is 1. The molecular formula is C28H24ClF6NO4. The first-order chi connectivity index (χ1) is 18.7. The van der Waals surface area contributed by atoms with Gasteiger partial charge in [-0.2, -0.15) is 26.3 Å². The molecule has 1 atom stereocenters. The van der Waals surface area contributed by atoms with E-state index in [-0.39, 0.29) is 37.1 Å². The van der Waals surface area contributed by atoms with Crippen molar-refractivity contribution in [2.45, 2.75) is 43.3 Å². The molecule has 4 rings (SSSR count). The summed E-state index contributed by atoms with van der Waals surface area (Å²) in [7, 11) is 1.47. The van der Waals surface area contributed by atoms with Crippen molar-refractivity contribution in [1.29, 1.82) is 0 Å². The van der Waals surface area contributed by atoms with E-state index in [2.05, 4.69) is 0 Å². The van der Waals surface area contributed by atoms with Gasteiger partial charge in [-0.05, 0) is 54.3 Å². The topological polar surface area (TPSA) is 59.0 Å². The van der Waals surface area contributed by atoms with Gasteiger partial charge in [0.2, 0.25) is 5.91 Å². The number of aryl methyl sites for hydroxylation is 1. The summed E-state index contributed by atoms with van der Waals surface area (Å²) in [5.74, 6) is 0.438. The molecule has 0 aliphatic carbocycles. The van der Waals surface area contributed by atoms with Gasteiger partial charge >= 0.3 is 12.4 Å². The Kier molecular flexibility index (Phi) is 8.28. The monoisotopic (exact) mass is 587 g/mol. The second-order valence-corrected chi connectivity index (χ2v) is 9.75. The number of amides is 1. The molecule has 1 N–H and O–H groups in total. The zero-order valence-electron chi connectivity index (χ0n) is 21.0. The highest BCUT2D eigenvalue weighted by molar-refractivity contribution is 6.30. The fraction of sp³-hybridized carbons (Fsp3) is 0.321. The fourth-order valence-electron chi connectivity index (χ4n) is 4.59. The van der Waals surface area contributed by atoms with Gasteiger partial charge in [0.05, 0.1) is 20.1 Å². The standard InChI is InChI=1S/C28H24ClF6NO4/c1-39-21-6-3-7-22(15-21)40-23-10-8-18-14-19(26(38,27(30,31)32)28(33,34)35)9-11-24(18)36(16-23)25(37)13-17-4-2-5-20(29)12-17/h2-7,9,11-12,14-15,23,38H,8,10,13,16H2,1H3/t23-/m0/s1. The minimum atomic E-state index is -6.04. The summed E-state index contributed by atoms with van der Waals surface area (Å²) in [5, 5.41) is 10.3. The molecule has 1 aliphatic heterocycles. The summed E-state index contributed by atoms with van der Waals surface area (Å²) >= 11 is 6.03. The van der Waals surface area contributed by atoms with Crippen LogP contribution in [0.15, 0.2) is 66.7 Å². The van der Waals surface area contributed by atoms with Gasteiger partial charge in [0.25, 0.3) is 5.60 Å². The van der Waals surface area contributed by atoms with Crippen molar-refractivity contribution in [3.8, 4) is 11.5 Å². The average Bonchev–Trinajstić information content (AvgIpc) is 3.06. The Hall–Kier alpha value is -3.44. The Morgan fingerprint density at radius 2 is 1.65 bits per heavy atom. The number of carbonyl (C=O) groups is 1. The minimum absolute atomic E-state index is 0.0233. The molecule has 3 aromatic carbocycles. The normalized spacial score (nSPS) is 16.2. The van der Waals surface area contributed by atoms with E-state index in [0.717, 1.165) is 6.07 Å². The Bertz CT molecular complexity index is 1360. The van der Waals surface area contributed by atoms with Gasteiger partial charge < -0.3 is 19.5 Å². The van der Waals surface area contributed by atoms with Crippen molar-refractivity contribution in [2.24, 2.45) is 0 Å². The zero-order valence-corrected chi connectivity index (χ0v) is 21.8. The summed E-state index contributed by atoms with van der Waals surface area (Å²) in [6, 6.07) is 15.4. The molecule has 12 heteroatoms. The van der Waals surface area contributed by atoms with Crippen LogP contribution in [0.25, 0.3) is 0 Å². The summed E-state index contributed by atoms with van der Waals surface area (Å²) in [6.07, 6.45) is -12.7. The number of alkyl halides is 6. The van der Waals surface area contributed by atoms with Crippen LogP contribution < -0.4 is 14.4 Å². The van der Waals surface area contributed by atoms with Gasteiger partial charge in [-0.25, -0.2) is 0 Å². The Balaban J connectivity index is 1.74. The van der Waals surface area contributed by atoms with Crippen molar-refractivity contribution in [3.05, 3.63) is 88.4 Å². The Labute approximate surface area is 230 Å². The molecule has 214 valence electrons. The van der Waals surface area contributed by atoms with Crippen molar-refractivity contribution in [3.63, 3.8) is 0 Å². The van der Waals surface area contributed by atoms with Crippen LogP contribution in [0.3, 0.4) is 0 Å². The molecule has 1 heterocycles. The van der Waals surface area contributed by atoms with Gasteiger partial charge in [0, 0.05) is 22.3 Å². The molecule has 0 spiro atoms. The molecule has 0 radical (unpaired) electrons. The van der Waals surface area contributed by atoms with Crippen LogP contribution >= 0.6 is 11.6 Å². The molecular weight excluding hydrogens is 564 g/mol. The van der Waals surface area contributed by atoms with Gasteiger partial charge in [-0.3, -0.25) is 4.79 Å². The third kappa shape index (κ3) is 6.00. The number of methoxy groups -OCH3 is 1. The molecule has 1 amide bonds. The SMILES string of the molecule is COc1cccc(O[C@H]2CCc3cc(C(O)(C(F)(F)F)C(F)(F)F)ccc3N(C(=O)Cc3cccc(Cl)c3)C2)c1. The average molecular weight is 588 g/mol. The number of halogens is 7. The first kappa shape index (κ1) is 29.5. The predicted octanol–water partition coefficient (Wildman–Crippen LogP) is 6.63. The highest BCUT2D eigenvalue weighted by Crippen LogP contribution is 2.50. The van der Waals surface area contributed by atoms with Gasteiger partial charge in [0.1, 0.15) is 17.6 Å². The van der Waals surface area contributed by atoms with Crippen LogP contribution in [0, 0.1) is 0 Å². The van der Waals surface area contributed by atoms with Crippen molar-refractivity contribution >= 4 is 23.2 Å². The summed E-state index contributed by atoms with van der Waals surface area (Å²) in [4.78, 5) is 14.8. The number of aliphatic hydroxyl groups is 1. The van der Waals surface area contributed by atoms with Crippen LogP contribution in [-0.2, 0) is 23.2 Å². The van der Waals surface area contributed by atoms with E-state index >= 15 is 0 Å². The molecule has 0 unspecified atom stereocenters. The molecule has 0 aromatic heterocycles. The van der Waals surface area contributed by atoms with Crippen molar-refractivity contribution < 1.29 is 45.7 Å². The van der Waals surface area contributed by atoms with Crippen LogP contribution in [0.1, 0.15) is 23.1 Å². The fourth-order valence-corrected chi connectivity index (χ4v) is 4.80. The highest BCUT2D eigenvalue weighted by atomic mass is 35.5. The molecule has 0 saturated heterocycles. The molecule has 3 aromatic rings. The lowest BCUT2D eigenvalue weighted by molar-refractivity contribution is -0.376. The Morgan fingerprint density at radius 1 is 0.975 bits per heavy atom. The number of rotatable bonds is 6. The first-order valence-electron chi connectivity index (χ1n) is 12.1. The van der Waals surface area contributed by atoms with Crippen molar-refractivity contribution in [1.82, 2.24) is 0 Å². The maximum Gasteiger partial charge on any atom is 0.430 e. The second-order valence-electron chi connectivity index (χ2n) is 9.32. The number of hydrogen-bond acceptors (Lipinski definition) is 4. The van der Waals surface area contributed by atoms with E-state index in [1.807, 2.05) is 0 Å². The van der Waals surface area contributed by atoms with E-state index in [0.29, 0.717) is 34.2 Å². The third-order valence-corrected chi connectivity index (χ3v) is 6.85. The predicted molar refractivity (Wildman–Crippen MR) is 136 cm³/mol. The van der Waals surface area contributed by atoms with Crippen molar-refractivity contribution in [2.75, 3.05) is 18.6 Å². The molecule has 40 heavy (non-hydrogen) atoms. The van der Waals surface area contributed by atoms with E-state index in [1.165, 1.54) is 12.0 Å². The second kappa shape index (κ2) is 11.2. The van der Waals surface area contributed by atoms with E-state index in [1.54, 1.807) is 48.5 Å². The van der Waals surface area contributed by atoms with Crippen LogP contribution in [0.5, 0.6) is 11.5 Å². The van der Waals surface area contributed by atoms with Gasteiger partial charge in [-0.1, -0.05) is 41.9 Å². The van der Waals surface area contributed by atoms with Crippen LogP contribution in [0.4, 0.5) is 32.0 Å². The number of ether oxygens (including phenoxy) is 2. The lowest BCUT2D eigenvalue weighted by Gasteiger charge is -2.33. The quantitative estimate of drug-likeness (QED) is 0.329. The zero-order chi connectivity index (χ0) is 29.3. The molecule has 0 saturated carbocycles. The largest absolute Gasteiger partial charge is 0.497 e. The number of nitrogens with zero attached hydrogens (tertiary/aromatic N) is 1. The summed E-state index contributed by atoms with van der Waals surface area (Å²) < 4.78 is 92.7. The maximum atomic E-state index is 13.6. The molecule has 0 fully saturated rings. The van der Waals surface area contributed by atoms with Crippen LogP contribution in [0.2, 0.25) is 5.02 Å². The first-order valence-corrected chi connectivity index (χ1v) is 12.5. The minimum Gasteiger partial charge on any atom is -0.497 e. The van der Waals surface area contributed by atoms with E-state index in [4.69, 9.17) is 21.1 Å². The highest BCUT2D eigenvalue weighted by Gasteiger charge is 2.71.